The van der Waals surface area contributed by atoms with Gasteiger partial charge in [-0.05, 0) is 51.0 Å². The SMILES string of the molecule is CCOC(=O)c1nc(C)n(-c2ccc(C)c(C)c2)c1N. The van der Waals surface area contributed by atoms with Gasteiger partial charge in [-0.3, -0.25) is 4.57 Å². The largest absolute Gasteiger partial charge is 0.461 e. The Morgan fingerprint density at radius 2 is 2.00 bits per heavy atom. The summed E-state index contributed by atoms with van der Waals surface area (Å²) < 4.78 is 6.72. The normalized spacial score (nSPS) is 10.6. The molecule has 0 aliphatic rings. The standard InChI is InChI=1S/C15H19N3O2/c1-5-20-15(19)13-14(16)18(11(4)17-13)12-7-6-9(2)10(3)8-12/h6-8H,5,16H2,1-4H3. The number of imidazole rings is 1. The van der Waals surface area contributed by atoms with E-state index >= 15 is 0 Å². The lowest BCUT2D eigenvalue weighted by Crippen LogP contribution is -2.09. The number of aryl methyl sites for hydroxylation is 3. The van der Waals surface area contributed by atoms with Gasteiger partial charge in [0, 0.05) is 5.69 Å². The highest BCUT2D eigenvalue weighted by Gasteiger charge is 2.20. The third kappa shape index (κ3) is 2.39. The van der Waals surface area contributed by atoms with Crippen LogP contribution in [0.5, 0.6) is 0 Å². The van der Waals surface area contributed by atoms with Crippen molar-refractivity contribution in [3.05, 3.63) is 40.8 Å². The second kappa shape index (κ2) is 5.36. The molecule has 0 aliphatic heterocycles. The van der Waals surface area contributed by atoms with Crippen molar-refractivity contribution in [3.63, 3.8) is 0 Å². The molecule has 0 bridgehead atoms. The Hall–Kier alpha value is -2.30. The number of rotatable bonds is 3. The van der Waals surface area contributed by atoms with Gasteiger partial charge in [0.15, 0.2) is 5.69 Å². The van der Waals surface area contributed by atoms with Crippen LogP contribution >= 0.6 is 0 Å². The Kier molecular flexibility index (Phi) is 3.79. The van der Waals surface area contributed by atoms with E-state index in [-0.39, 0.29) is 5.69 Å². The molecule has 2 rings (SSSR count). The predicted octanol–water partition coefficient (Wildman–Crippen LogP) is 2.56. The summed E-state index contributed by atoms with van der Waals surface area (Å²) in [6, 6.07) is 6.01. The average molecular weight is 273 g/mol. The minimum atomic E-state index is -0.490. The predicted molar refractivity (Wildman–Crippen MR) is 78.1 cm³/mol. The zero-order valence-corrected chi connectivity index (χ0v) is 12.2. The van der Waals surface area contributed by atoms with Crippen molar-refractivity contribution < 1.29 is 9.53 Å². The molecule has 2 aromatic rings. The third-order valence-electron chi connectivity index (χ3n) is 3.30. The fourth-order valence-corrected chi connectivity index (χ4v) is 2.09. The highest BCUT2D eigenvalue weighted by atomic mass is 16.5. The van der Waals surface area contributed by atoms with Crippen molar-refractivity contribution in [2.45, 2.75) is 27.7 Å². The second-order valence-corrected chi connectivity index (χ2v) is 4.72. The lowest BCUT2D eigenvalue weighted by Gasteiger charge is -2.10. The summed E-state index contributed by atoms with van der Waals surface area (Å²) in [5, 5.41) is 0. The van der Waals surface area contributed by atoms with Crippen LogP contribution in [0.15, 0.2) is 18.2 Å². The maximum Gasteiger partial charge on any atom is 0.360 e. The summed E-state index contributed by atoms with van der Waals surface area (Å²) in [5.41, 5.74) is 9.48. The molecular formula is C15H19N3O2. The van der Waals surface area contributed by atoms with Gasteiger partial charge in [0.2, 0.25) is 0 Å². The van der Waals surface area contributed by atoms with E-state index in [0.717, 1.165) is 11.3 Å². The maximum absolute atomic E-state index is 11.8. The molecule has 0 aliphatic carbocycles. The maximum atomic E-state index is 11.8. The topological polar surface area (TPSA) is 70.1 Å². The number of ether oxygens (including phenoxy) is 1. The summed E-state index contributed by atoms with van der Waals surface area (Å²) in [6.07, 6.45) is 0. The van der Waals surface area contributed by atoms with Crippen LogP contribution in [0.1, 0.15) is 34.4 Å². The van der Waals surface area contributed by atoms with Crippen molar-refractivity contribution >= 4 is 11.8 Å². The molecule has 1 heterocycles. The van der Waals surface area contributed by atoms with E-state index in [2.05, 4.69) is 4.98 Å². The van der Waals surface area contributed by atoms with Gasteiger partial charge in [0.05, 0.1) is 6.61 Å². The van der Waals surface area contributed by atoms with E-state index in [9.17, 15) is 4.79 Å². The molecule has 0 atom stereocenters. The highest BCUT2D eigenvalue weighted by Crippen LogP contribution is 2.23. The van der Waals surface area contributed by atoms with Crippen LogP contribution < -0.4 is 5.73 Å². The van der Waals surface area contributed by atoms with Gasteiger partial charge in [0.25, 0.3) is 0 Å². The van der Waals surface area contributed by atoms with Gasteiger partial charge in [-0.25, -0.2) is 9.78 Å². The van der Waals surface area contributed by atoms with Crippen molar-refractivity contribution in [2.24, 2.45) is 0 Å². The zero-order valence-electron chi connectivity index (χ0n) is 12.2. The Morgan fingerprint density at radius 3 is 2.60 bits per heavy atom. The van der Waals surface area contributed by atoms with Crippen molar-refractivity contribution in [1.29, 1.82) is 0 Å². The number of benzene rings is 1. The Balaban J connectivity index is 2.52. The minimum Gasteiger partial charge on any atom is -0.461 e. The number of nitrogen functional groups attached to an aromatic ring is 1. The van der Waals surface area contributed by atoms with Crippen LogP contribution in [-0.2, 0) is 4.74 Å². The molecule has 0 saturated heterocycles. The summed E-state index contributed by atoms with van der Waals surface area (Å²) >= 11 is 0. The molecule has 0 amide bonds. The van der Waals surface area contributed by atoms with Crippen LogP contribution in [0.25, 0.3) is 5.69 Å². The van der Waals surface area contributed by atoms with Gasteiger partial charge < -0.3 is 10.5 Å². The van der Waals surface area contributed by atoms with Gasteiger partial charge in [-0.1, -0.05) is 6.07 Å². The molecule has 1 aromatic carbocycles. The van der Waals surface area contributed by atoms with Crippen molar-refractivity contribution in [2.75, 3.05) is 12.3 Å². The summed E-state index contributed by atoms with van der Waals surface area (Å²) in [4.78, 5) is 16.0. The number of anilines is 1. The van der Waals surface area contributed by atoms with Gasteiger partial charge in [-0.2, -0.15) is 0 Å². The van der Waals surface area contributed by atoms with Crippen LogP contribution in [0.2, 0.25) is 0 Å². The van der Waals surface area contributed by atoms with Gasteiger partial charge >= 0.3 is 5.97 Å². The molecule has 0 spiro atoms. The zero-order chi connectivity index (χ0) is 14.9. The number of nitrogens with two attached hydrogens (primary N) is 1. The third-order valence-corrected chi connectivity index (χ3v) is 3.30. The first-order chi connectivity index (χ1) is 9.45. The molecule has 0 saturated carbocycles. The summed E-state index contributed by atoms with van der Waals surface area (Å²) in [5.74, 6) is 0.480. The second-order valence-electron chi connectivity index (χ2n) is 4.72. The number of aromatic nitrogens is 2. The van der Waals surface area contributed by atoms with Crippen molar-refractivity contribution in [3.8, 4) is 5.69 Å². The first kappa shape index (κ1) is 14.1. The number of hydrogen-bond donors (Lipinski definition) is 1. The molecule has 2 N–H and O–H groups in total. The first-order valence-corrected chi connectivity index (χ1v) is 6.55. The highest BCUT2D eigenvalue weighted by molar-refractivity contribution is 5.92. The number of nitrogens with zero attached hydrogens (tertiary/aromatic N) is 2. The Bertz CT molecular complexity index is 659. The van der Waals surface area contributed by atoms with Crippen LogP contribution in [0, 0.1) is 20.8 Å². The van der Waals surface area contributed by atoms with E-state index in [0.29, 0.717) is 18.2 Å². The smallest absolute Gasteiger partial charge is 0.360 e. The quantitative estimate of drug-likeness (QED) is 0.872. The summed E-state index contributed by atoms with van der Waals surface area (Å²) in [7, 11) is 0. The fourth-order valence-electron chi connectivity index (χ4n) is 2.09. The molecule has 5 nitrogen and oxygen atoms in total. The molecule has 106 valence electrons. The minimum absolute atomic E-state index is 0.169. The number of carbonyl (C=O) groups excluding carboxylic acids is 1. The fraction of sp³-hybridized carbons (Fsp3) is 0.333. The van der Waals surface area contributed by atoms with Crippen LogP contribution in [0.3, 0.4) is 0 Å². The van der Waals surface area contributed by atoms with E-state index in [1.807, 2.05) is 39.0 Å². The van der Waals surface area contributed by atoms with Crippen LogP contribution in [0.4, 0.5) is 5.82 Å². The Morgan fingerprint density at radius 1 is 1.30 bits per heavy atom. The first-order valence-electron chi connectivity index (χ1n) is 6.55. The molecule has 0 radical (unpaired) electrons. The van der Waals surface area contributed by atoms with E-state index in [4.69, 9.17) is 10.5 Å². The molecule has 5 heteroatoms. The van der Waals surface area contributed by atoms with Gasteiger partial charge in [0.1, 0.15) is 11.6 Å². The number of hydrogen-bond acceptors (Lipinski definition) is 4. The molecule has 20 heavy (non-hydrogen) atoms. The van der Waals surface area contributed by atoms with Crippen molar-refractivity contribution in [1.82, 2.24) is 9.55 Å². The molecule has 1 aromatic heterocycles. The lowest BCUT2D eigenvalue weighted by atomic mass is 10.1. The monoisotopic (exact) mass is 273 g/mol. The molecule has 0 unspecified atom stereocenters. The average Bonchev–Trinajstić information content (AvgIpc) is 2.69. The van der Waals surface area contributed by atoms with E-state index < -0.39 is 5.97 Å². The van der Waals surface area contributed by atoms with E-state index in [1.165, 1.54) is 5.56 Å². The molecule has 0 fully saturated rings. The summed E-state index contributed by atoms with van der Waals surface area (Å²) in [6.45, 7) is 7.95. The Labute approximate surface area is 118 Å². The van der Waals surface area contributed by atoms with Gasteiger partial charge in [-0.15, -0.1) is 0 Å². The lowest BCUT2D eigenvalue weighted by molar-refractivity contribution is 0.0521. The number of carbonyl (C=O) groups is 1. The van der Waals surface area contributed by atoms with E-state index in [1.54, 1.807) is 11.5 Å². The molecular weight excluding hydrogens is 254 g/mol. The van der Waals surface area contributed by atoms with Crippen LogP contribution in [-0.4, -0.2) is 22.1 Å². The number of esters is 1.